The average molecular weight is 262 g/mol. The van der Waals surface area contributed by atoms with Gasteiger partial charge in [-0.1, -0.05) is 25.1 Å². The molecule has 0 bridgehead atoms. The van der Waals surface area contributed by atoms with E-state index >= 15 is 0 Å². The van der Waals surface area contributed by atoms with Gasteiger partial charge in [0.05, 0.1) is 13.2 Å². The maximum Gasteiger partial charge on any atom is 0.123 e. The molecule has 1 aromatic rings. The topological polar surface area (TPSA) is 38.5 Å². The molecule has 0 saturated carbocycles. The second kappa shape index (κ2) is 6.40. The van der Waals surface area contributed by atoms with Gasteiger partial charge >= 0.3 is 0 Å². The Balaban J connectivity index is 2.36. The first kappa shape index (κ1) is 14.4. The monoisotopic (exact) mass is 262 g/mol. The maximum absolute atomic E-state index is 6.42. The number of nitrogens with two attached hydrogens (primary N) is 1. The first-order valence-electron chi connectivity index (χ1n) is 7.33. The van der Waals surface area contributed by atoms with E-state index < -0.39 is 0 Å². The molecular weight excluding hydrogens is 236 g/mol. The highest BCUT2D eigenvalue weighted by Gasteiger charge is 2.33. The zero-order valence-corrected chi connectivity index (χ0v) is 12.3. The van der Waals surface area contributed by atoms with Crippen LogP contribution in [0.3, 0.4) is 0 Å². The van der Waals surface area contributed by atoms with Crippen LogP contribution in [0.5, 0.6) is 5.75 Å². The van der Waals surface area contributed by atoms with E-state index in [-0.39, 0.29) is 12.1 Å². The van der Waals surface area contributed by atoms with Crippen molar-refractivity contribution in [2.45, 2.75) is 51.2 Å². The number of para-hydroxylation sites is 1. The van der Waals surface area contributed by atoms with Crippen LogP contribution in [0.15, 0.2) is 24.3 Å². The van der Waals surface area contributed by atoms with Crippen molar-refractivity contribution in [3.63, 3.8) is 0 Å². The van der Waals surface area contributed by atoms with Crippen molar-refractivity contribution in [1.82, 2.24) is 4.90 Å². The smallest absolute Gasteiger partial charge is 0.123 e. The van der Waals surface area contributed by atoms with Gasteiger partial charge in [0, 0.05) is 17.6 Å². The van der Waals surface area contributed by atoms with Crippen LogP contribution in [0, 0.1) is 0 Å². The number of benzene rings is 1. The van der Waals surface area contributed by atoms with E-state index in [0.717, 1.165) is 18.7 Å². The van der Waals surface area contributed by atoms with Crippen LogP contribution in [-0.4, -0.2) is 30.6 Å². The average Bonchev–Trinajstić information content (AvgIpc) is 2.85. The third-order valence-corrected chi connectivity index (χ3v) is 4.30. The van der Waals surface area contributed by atoms with Gasteiger partial charge in [0.1, 0.15) is 5.75 Å². The van der Waals surface area contributed by atoms with Gasteiger partial charge in [-0.05, 0) is 38.8 Å². The van der Waals surface area contributed by atoms with Gasteiger partial charge < -0.3 is 10.5 Å². The lowest BCUT2D eigenvalue weighted by Gasteiger charge is -2.36. The van der Waals surface area contributed by atoms with E-state index in [1.807, 2.05) is 12.1 Å². The minimum absolute atomic E-state index is 0.150. The normalized spacial score (nSPS) is 23.3. The summed E-state index contributed by atoms with van der Waals surface area (Å²) < 4.78 is 5.53. The molecule has 3 nitrogen and oxygen atoms in total. The molecule has 0 aromatic heterocycles. The predicted molar refractivity (Wildman–Crippen MR) is 79.4 cm³/mol. The van der Waals surface area contributed by atoms with Crippen molar-refractivity contribution in [3.05, 3.63) is 29.8 Å². The highest BCUT2D eigenvalue weighted by Crippen LogP contribution is 2.36. The first-order chi connectivity index (χ1) is 9.19. The summed E-state index contributed by atoms with van der Waals surface area (Å²) in [6.45, 7) is 5.60. The Morgan fingerprint density at radius 1 is 1.42 bits per heavy atom. The van der Waals surface area contributed by atoms with E-state index in [4.69, 9.17) is 10.5 Å². The standard InChI is InChI=1S/C16H26N2O/c1-4-14(17)16(18-11-7-8-12(18)2)13-9-5-6-10-15(13)19-3/h5-6,9-10,12,14,16H,4,7-8,11,17H2,1-3H3. The summed E-state index contributed by atoms with van der Waals surface area (Å²) in [6.07, 6.45) is 3.51. The fourth-order valence-electron chi connectivity index (χ4n) is 3.16. The number of hydrogen-bond donors (Lipinski definition) is 1. The Bertz CT molecular complexity index is 407. The molecule has 0 aliphatic carbocycles. The molecule has 1 aliphatic heterocycles. The van der Waals surface area contributed by atoms with Gasteiger partial charge in [-0.3, -0.25) is 4.90 Å². The van der Waals surface area contributed by atoms with Crippen LogP contribution in [0.25, 0.3) is 0 Å². The highest BCUT2D eigenvalue weighted by atomic mass is 16.5. The summed E-state index contributed by atoms with van der Waals surface area (Å²) in [5, 5.41) is 0. The fourth-order valence-corrected chi connectivity index (χ4v) is 3.16. The molecule has 19 heavy (non-hydrogen) atoms. The molecule has 2 N–H and O–H groups in total. The Labute approximate surface area is 116 Å². The largest absolute Gasteiger partial charge is 0.496 e. The maximum atomic E-state index is 6.42. The number of nitrogens with zero attached hydrogens (tertiary/aromatic N) is 1. The molecular formula is C16H26N2O. The minimum Gasteiger partial charge on any atom is -0.496 e. The van der Waals surface area contributed by atoms with Crippen molar-refractivity contribution in [1.29, 1.82) is 0 Å². The molecule has 3 unspecified atom stereocenters. The first-order valence-corrected chi connectivity index (χ1v) is 7.33. The van der Waals surface area contributed by atoms with Gasteiger partial charge in [-0.15, -0.1) is 0 Å². The van der Waals surface area contributed by atoms with Crippen LogP contribution in [0.1, 0.15) is 44.7 Å². The predicted octanol–water partition coefficient (Wildman–Crippen LogP) is 2.96. The molecule has 0 spiro atoms. The van der Waals surface area contributed by atoms with Gasteiger partial charge in [-0.25, -0.2) is 0 Å². The Hall–Kier alpha value is -1.06. The summed E-state index contributed by atoms with van der Waals surface area (Å²) in [5.41, 5.74) is 7.65. The number of rotatable bonds is 5. The van der Waals surface area contributed by atoms with Gasteiger partial charge in [0.25, 0.3) is 0 Å². The lowest BCUT2D eigenvalue weighted by atomic mass is 9.95. The van der Waals surface area contributed by atoms with E-state index in [9.17, 15) is 0 Å². The molecule has 1 saturated heterocycles. The lowest BCUT2D eigenvalue weighted by molar-refractivity contribution is 0.160. The molecule has 1 aliphatic rings. The lowest BCUT2D eigenvalue weighted by Crippen LogP contribution is -2.42. The van der Waals surface area contributed by atoms with Crippen molar-refractivity contribution in [3.8, 4) is 5.75 Å². The van der Waals surface area contributed by atoms with Crippen molar-refractivity contribution < 1.29 is 4.74 Å². The van der Waals surface area contributed by atoms with E-state index in [2.05, 4.69) is 30.9 Å². The molecule has 0 radical (unpaired) electrons. The molecule has 0 amide bonds. The van der Waals surface area contributed by atoms with E-state index in [0.29, 0.717) is 6.04 Å². The summed E-state index contributed by atoms with van der Waals surface area (Å²) >= 11 is 0. The molecule has 2 rings (SSSR count). The zero-order valence-electron chi connectivity index (χ0n) is 12.3. The number of hydrogen-bond acceptors (Lipinski definition) is 3. The van der Waals surface area contributed by atoms with Crippen LogP contribution in [0.2, 0.25) is 0 Å². The number of ether oxygens (including phenoxy) is 1. The Morgan fingerprint density at radius 2 is 2.16 bits per heavy atom. The van der Waals surface area contributed by atoms with Gasteiger partial charge in [0.15, 0.2) is 0 Å². The third kappa shape index (κ3) is 2.93. The fraction of sp³-hybridized carbons (Fsp3) is 0.625. The summed E-state index contributed by atoms with van der Waals surface area (Å²) in [7, 11) is 1.74. The van der Waals surface area contributed by atoms with Crippen molar-refractivity contribution in [2.75, 3.05) is 13.7 Å². The molecule has 3 heteroatoms. The second-order valence-corrected chi connectivity index (χ2v) is 5.49. The van der Waals surface area contributed by atoms with Gasteiger partial charge in [-0.2, -0.15) is 0 Å². The van der Waals surface area contributed by atoms with Crippen LogP contribution in [0.4, 0.5) is 0 Å². The highest BCUT2D eigenvalue weighted by molar-refractivity contribution is 5.37. The van der Waals surface area contributed by atoms with Crippen LogP contribution in [-0.2, 0) is 0 Å². The molecule has 1 fully saturated rings. The zero-order chi connectivity index (χ0) is 13.8. The molecule has 1 heterocycles. The van der Waals surface area contributed by atoms with Crippen LogP contribution < -0.4 is 10.5 Å². The van der Waals surface area contributed by atoms with Gasteiger partial charge in [0.2, 0.25) is 0 Å². The Morgan fingerprint density at radius 3 is 2.74 bits per heavy atom. The summed E-state index contributed by atoms with van der Waals surface area (Å²) in [4.78, 5) is 2.55. The van der Waals surface area contributed by atoms with E-state index in [1.165, 1.54) is 18.4 Å². The summed E-state index contributed by atoms with van der Waals surface area (Å²) in [6, 6.07) is 9.30. The van der Waals surface area contributed by atoms with Crippen LogP contribution >= 0.6 is 0 Å². The van der Waals surface area contributed by atoms with Crippen molar-refractivity contribution in [2.24, 2.45) is 5.73 Å². The SMILES string of the molecule is CCC(N)C(c1ccccc1OC)N1CCCC1C. The van der Waals surface area contributed by atoms with Crippen molar-refractivity contribution >= 4 is 0 Å². The molecule has 106 valence electrons. The quantitative estimate of drug-likeness (QED) is 0.886. The molecule has 1 aromatic carbocycles. The molecule has 3 atom stereocenters. The third-order valence-electron chi connectivity index (χ3n) is 4.30. The number of likely N-dealkylation sites (tertiary alicyclic amines) is 1. The summed E-state index contributed by atoms with van der Waals surface area (Å²) in [5.74, 6) is 0.954. The second-order valence-electron chi connectivity index (χ2n) is 5.49. The Kier molecular flexibility index (Phi) is 4.83. The van der Waals surface area contributed by atoms with E-state index in [1.54, 1.807) is 7.11 Å². The minimum atomic E-state index is 0.150. The number of methoxy groups -OCH3 is 1.